The minimum atomic E-state index is -0.265. The molecular weight excluding hydrogens is 198 g/mol. The lowest BCUT2D eigenvalue weighted by Crippen LogP contribution is -2.10. The summed E-state index contributed by atoms with van der Waals surface area (Å²) in [6.07, 6.45) is 0. The highest BCUT2D eigenvalue weighted by Crippen LogP contribution is 2.13. The van der Waals surface area contributed by atoms with Gasteiger partial charge in [-0.25, -0.2) is 4.79 Å². The maximum Gasteiger partial charge on any atom is 0.367 e. The van der Waals surface area contributed by atoms with Crippen LogP contribution in [-0.2, 0) is 10.5 Å². The molecule has 1 aromatic carbocycles. The summed E-state index contributed by atoms with van der Waals surface area (Å²) in [5.74, 6) is 0.643. The normalized spacial score (nSPS) is 9.79. The maximum absolute atomic E-state index is 11.1. The first kappa shape index (κ1) is 11.1. The van der Waals surface area contributed by atoms with E-state index >= 15 is 0 Å². The standard InChI is InChI=1S/C10H13NO2S/c11-6-7-13-10(12)14-8-9-4-2-1-3-5-9/h1-5H,6-8,11H2. The van der Waals surface area contributed by atoms with Crippen LogP contribution in [0.1, 0.15) is 5.56 Å². The molecule has 4 heteroatoms. The van der Waals surface area contributed by atoms with Gasteiger partial charge in [-0.05, 0) is 17.3 Å². The van der Waals surface area contributed by atoms with Gasteiger partial charge in [-0.1, -0.05) is 30.3 Å². The number of carbonyl (C=O) groups is 1. The predicted octanol–water partition coefficient (Wildman–Crippen LogP) is 2.02. The molecule has 0 fully saturated rings. The zero-order valence-electron chi connectivity index (χ0n) is 7.81. The van der Waals surface area contributed by atoms with Crippen LogP contribution in [0.2, 0.25) is 0 Å². The van der Waals surface area contributed by atoms with Crippen LogP contribution in [-0.4, -0.2) is 18.5 Å². The van der Waals surface area contributed by atoms with E-state index in [1.165, 1.54) is 0 Å². The van der Waals surface area contributed by atoms with Crippen molar-refractivity contribution in [3.63, 3.8) is 0 Å². The summed E-state index contributed by atoms with van der Waals surface area (Å²) in [6.45, 7) is 0.665. The minimum Gasteiger partial charge on any atom is -0.456 e. The fourth-order valence-corrected chi connectivity index (χ4v) is 1.54. The molecule has 0 heterocycles. The zero-order chi connectivity index (χ0) is 10.2. The van der Waals surface area contributed by atoms with Crippen LogP contribution >= 0.6 is 11.8 Å². The van der Waals surface area contributed by atoms with E-state index in [0.29, 0.717) is 18.9 Å². The van der Waals surface area contributed by atoms with Gasteiger partial charge in [-0.3, -0.25) is 0 Å². The number of hydrogen-bond acceptors (Lipinski definition) is 4. The molecule has 0 aliphatic rings. The number of nitrogens with two attached hydrogens (primary N) is 1. The van der Waals surface area contributed by atoms with E-state index in [-0.39, 0.29) is 5.30 Å². The highest BCUT2D eigenvalue weighted by Gasteiger charge is 2.02. The molecule has 0 unspecified atom stereocenters. The second-order valence-corrected chi connectivity index (χ2v) is 3.57. The summed E-state index contributed by atoms with van der Waals surface area (Å²) >= 11 is 1.15. The van der Waals surface area contributed by atoms with Crippen LogP contribution in [0, 0.1) is 0 Å². The molecular formula is C10H13NO2S. The van der Waals surface area contributed by atoms with Crippen LogP contribution in [0.4, 0.5) is 4.79 Å². The number of ether oxygens (including phenoxy) is 1. The molecule has 0 amide bonds. The van der Waals surface area contributed by atoms with Gasteiger partial charge in [-0.2, -0.15) is 0 Å². The van der Waals surface area contributed by atoms with E-state index in [1.807, 2.05) is 30.3 Å². The van der Waals surface area contributed by atoms with Crippen molar-refractivity contribution in [2.24, 2.45) is 5.73 Å². The van der Waals surface area contributed by atoms with Crippen LogP contribution in [0.3, 0.4) is 0 Å². The Morgan fingerprint density at radius 1 is 1.36 bits per heavy atom. The Morgan fingerprint density at radius 2 is 2.07 bits per heavy atom. The average Bonchev–Trinajstić information content (AvgIpc) is 2.25. The van der Waals surface area contributed by atoms with E-state index < -0.39 is 0 Å². The number of carbonyl (C=O) groups excluding carboxylic acids is 1. The topological polar surface area (TPSA) is 52.3 Å². The van der Waals surface area contributed by atoms with Gasteiger partial charge in [0.2, 0.25) is 0 Å². The number of thioether (sulfide) groups is 1. The van der Waals surface area contributed by atoms with Gasteiger partial charge in [0.25, 0.3) is 0 Å². The first-order valence-corrected chi connectivity index (χ1v) is 5.35. The van der Waals surface area contributed by atoms with Gasteiger partial charge in [0.1, 0.15) is 6.61 Å². The molecule has 0 bridgehead atoms. The molecule has 14 heavy (non-hydrogen) atoms. The second-order valence-electron chi connectivity index (χ2n) is 2.66. The van der Waals surface area contributed by atoms with Gasteiger partial charge < -0.3 is 10.5 Å². The Bertz CT molecular complexity index is 277. The molecule has 0 radical (unpaired) electrons. The lowest BCUT2D eigenvalue weighted by Gasteiger charge is -2.02. The van der Waals surface area contributed by atoms with Gasteiger partial charge >= 0.3 is 5.30 Å². The summed E-state index contributed by atoms with van der Waals surface area (Å²) in [5, 5.41) is -0.265. The van der Waals surface area contributed by atoms with E-state index in [4.69, 9.17) is 10.5 Å². The highest BCUT2D eigenvalue weighted by atomic mass is 32.2. The first-order chi connectivity index (χ1) is 6.83. The fourth-order valence-electron chi connectivity index (χ4n) is 0.900. The van der Waals surface area contributed by atoms with E-state index in [0.717, 1.165) is 17.3 Å². The monoisotopic (exact) mass is 211 g/mol. The highest BCUT2D eigenvalue weighted by molar-refractivity contribution is 8.12. The largest absolute Gasteiger partial charge is 0.456 e. The average molecular weight is 211 g/mol. The van der Waals surface area contributed by atoms with Crippen LogP contribution in [0.15, 0.2) is 30.3 Å². The number of benzene rings is 1. The molecule has 1 aromatic rings. The quantitative estimate of drug-likeness (QED) is 0.774. The van der Waals surface area contributed by atoms with Crippen molar-refractivity contribution >= 4 is 17.1 Å². The Balaban J connectivity index is 2.24. The Morgan fingerprint density at radius 3 is 2.71 bits per heavy atom. The van der Waals surface area contributed by atoms with Gasteiger partial charge in [0.15, 0.2) is 0 Å². The third kappa shape index (κ3) is 4.30. The molecule has 0 saturated carbocycles. The van der Waals surface area contributed by atoms with Crippen LogP contribution < -0.4 is 5.73 Å². The Kier molecular flexibility index (Phi) is 5.11. The Labute approximate surface area is 87.6 Å². The summed E-state index contributed by atoms with van der Waals surface area (Å²) in [7, 11) is 0. The molecule has 0 spiro atoms. The van der Waals surface area contributed by atoms with Crippen molar-refractivity contribution in [2.75, 3.05) is 13.2 Å². The van der Waals surface area contributed by atoms with Crippen LogP contribution in [0.5, 0.6) is 0 Å². The molecule has 76 valence electrons. The van der Waals surface area contributed by atoms with Crippen molar-refractivity contribution in [1.82, 2.24) is 0 Å². The van der Waals surface area contributed by atoms with Crippen molar-refractivity contribution in [1.29, 1.82) is 0 Å². The van der Waals surface area contributed by atoms with E-state index in [2.05, 4.69) is 0 Å². The third-order valence-electron chi connectivity index (χ3n) is 1.54. The summed E-state index contributed by atoms with van der Waals surface area (Å²) in [6, 6.07) is 9.79. The van der Waals surface area contributed by atoms with E-state index in [9.17, 15) is 4.79 Å². The molecule has 1 rings (SSSR count). The lowest BCUT2D eigenvalue weighted by atomic mass is 10.2. The number of rotatable bonds is 4. The van der Waals surface area contributed by atoms with Gasteiger partial charge in [-0.15, -0.1) is 0 Å². The maximum atomic E-state index is 11.1. The first-order valence-electron chi connectivity index (χ1n) is 4.36. The molecule has 2 N–H and O–H groups in total. The second kappa shape index (κ2) is 6.45. The molecule has 0 saturated heterocycles. The van der Waals surface area contributed by atoms with Gasteiger partial charge in [0.05, 0.1) is 0 Å². The minimum absolute atomic E-state index is 0.265. The smallest absolute Gasteiger partial charge is 0.367 e. The summed E-state index contributed by atoms with van der Waals surface area (Å²) < 4.78 is 4.81. The molecule has 3 nitrogen and oxygen atoms in total. The third-order valence-corrected chi connectivity index (χ3v) is 2.37. The van der Waals surface area contributed by atoms with Crippen molar-refractivity contribution in [2.45, 2.75) is 5.75 Å². The van der Waals surface area contributed by atoms with Gasteiger partial charge in [0, 0.05) is 12.3 Å². The summed E-state index contributed by atoms with van der Waals surface area (Å²) in [5.41, 5.74) is 6.31. The predicted molar refractivity (Wildman–Crippen MR) is 58.1 cm³/mol. The molecule has 0 atom stereocenters. The molecule has 0 aliphatic heterocycles. The van der Waals surface area contributed by atoms with Crippen molar-refractivity contribution in [3.05, 3.63) is 35.9 Å². The number of hydrogen-bond donors (Lipinski definition) is 1. The van der Waals surface area contributed by atoms with E-state index in [1.54, 1.807) is 0 Å². The lowest BCUT2D eigenvalue weighted by molar-refractivity contribution is 0.178. The van der Waals surface area contributed by atoms with Crippen LogP contribution in [0.25, 0.3) is 0 Å². The molecule has 0 aliphatic carbocycles. The SMILES string of the molecule is NCCOC(=O)SCc1ccccc1. The fraction of sp³-hybridized carbons (Fsp3) is 0.300. The van der Waals surface area contributed by atoms with Crippen molar-refractivity contribution < 1.29 is 9.53 Å². The summed E-state index contributed by atoms with van der Waals surface area (Å²) in [4.78, 5) is 11.1. The van der Waals surface area contributed by atoms with Crippen molar-refractivity contribution in [3.8, 4) is 0 Å². The zero-order valence-corrected chi connectivity index (χ0v) is 8.63. The molecule has 0 aromatic heterocycles. The Hall–Kier alpha value is -1.00.